The van der Waals surface area contributed by atoms with Gasteiger partial charge < -0.3 is 0 Å². The third-order valence-corrected chi connectivity index (χ3v) is 1.02. The zero-order valence-corrected chi connectivity index (χ0v) is 6.50. The van der Waals surface area contributed by atoms with Crippen molar-refractivity contribution in [1.29, 1.82) is 0 Å². The topological polar surface area (TPSA) is 55.4 Å². The van der Waals surface area contributed by atoms with Crippen LogP contribution in [-0.4, -0.2) is 15.0 Å². The zero-order chi connectivity index (χ0) is 7.33. The molecule has 0 aliphatic heterocycles. The molecule has 4 nitrogen and oxygen atoms in total. The van der Waals surface area contributed by atoms with Crippen LogP contribution < -0.4 is 5.48 Å². The van der Waals surface area contributed by atoms with Crippen molar-refractivity contribution in [2.24, 2.45) is 0 Å². The Morgan fingerprint density at radius 2 is 2.22 bits per heavy atom. The van der Waals surface area contributed by atoms with Crippen LogP contribution in [0.2, 0.25) is 0 Å². The first-order chi connectivity index (χ1) is 4.06. The molecule has 6 heteroatoms. The smallest absolute Gasteiger partial charge is 0.183 e. The van der Waals surface area contributed by atoms with Crippen LogP contribution in [0.1, 0.15) is 13.3 Å². The Morgan fingerprint density at radius 1 is 1.67 bits per heavy atom. The second kappa shape index (κ2) is 4.05. The highest BCUT2D eigenvalue weighted by molar-refractivity contribution is 8.09. The van der Waals surface area contributed by atoms with Crippen LogP contribution in [0.5, 0.6) is 0 Å². The summed E-state index contributed by atoms with van der Waals surface area (Å²) in [6.45, 7) is 2.34. The zero-order valence-electron chi connectivity index (χ0n) is 4.93. The molecule has 0 saturated carbocycles. The maximum atomic E-state index is 9.99. The standard InChI is InChI=1S/C3H8ClNO3S/c1-2-3-5-8-9(4,6)7/h5H,2-3H2,1H3. The highest BCUT2D eigenvalue weighted by atomic mass is 35.7. The molecular weight excluding hydrogens is 166 g/mol. The van der Waals surface area contributed by atoms with Gasteiger partial charge in [0.15, 0.2) is 0 Å². The summed E-state index contributed by atoms with van der Waals surface area (Å²) in [5, 5.41) is 0. The summed E-state index contributed by atoms with van der Waals surface area (Å²) in [6, 6.07) is 0. The van der Waals surface area contributed by atoms with Crippen molar-refractivity contribution in [3.05, 3.63) is 0 Å². The Kier molecular flexibility index (Phi) is 4.12. The van der Waals surface area contributed by atoms with Gasteiger partial charge in [0.25, 0.3) is 0 Å². The minimum absolute atomic E-state index is 0.464. The molecule has 0 amide bonds. The summed E-state index contributed by atoms with van der Waals surface area (Å²) in [6.07, 6.45) is 0.784. The Hall–Kier alpha value is 0.160. The highest BCUT2D eigenvalue weighted by Gasteiger charge is 2.01. The molecule has 0 atom stereocenters. The number of hydrogen-bond acceptors (Lipinski definition) is 4. The van der Waals surface area contributed by atoms with E-state index in [2.05, 4.69) is 20.4 Å². The Balaban J connectivity index is 3.30. The molecule has 0 aliphatic rings. The second-order valence-electron chi connectivity index (χ2n) is 1.37. The van der Waals surface area contributed by atoms with E-state index in [1.165, 1.54) is 0 Å². The molecule has 0 bridgehead atoms. The largest absolute Gasteiger partial charge is 0.371 e. The van der Waals surface area contributed by atoms with Crippen LogP contribution in [0, 0.1) is 0 Å². The average Bonchev–Trinajstić information content (AvgIpc) is 1.63. The summed E-state index contributed by atoms with van der Waals surface area (Å²) in [4.78, 5) is 0. The van der Waals surface area contributed by atoms with Crippen LogP contribution >= 0.6 is 10.7 Å². The predicted molar refractivity (Wildman–Crippen MR) is 34.2 cm³/mol. The lowest BCUT2D eigenvalue weighted by atomic mass is 10.5. The van der Waals surface area contributed by atoms with E-state index >= 15 is 0 Å². The minimum atomic E-state index is -3.84. The molecule has 0 aromatic rings. The third-order valence-electron chi connectivity index (χ3n) is 0.511. The number of hydroxylamine groups is 1. The van der Waals surface area contributed by atoms with E-state index in [9.17, 15) is 8.42 Å². The van der Waals surface area contributed by atoms with Crippen molar-refractivity contribution >= 4 is 20.0 Å². The first-order valence-electron chi connectivity index (χ1n) is 2.42. The van der Waals surface area contributed by atoms with Gasteiger partial charge in [0.1, 0.15) is 0 Å². The van der Waals surface area contributed by atoms with Crippen molar-refractivity contribution in [3.8, 4) is 0 Å². The first kappa shape index (κ1) is 9.16. The lowest BCUT2D eigenvalue weighted by molar-refractivity contribution is 0.211. The fourth-order valence-corrected chi connectivity index (χ4v) is 0.572. The summed E-state index contributed by atoms with van der Waals surface area (Å²) < 4.78 is 23.9. The van der Waals surface area contributed by atoms with E-state index < -0.39 is 9.33 Å². The maximum Gasteiger partial charge on any atom is 0.371 e. The molecule has 0 rings (SSSR count). The molecule has 1 N–H and O–H groups in total. The Labute approximate surface area is 58.7 Å². The summed E-state index contributed by atoms with van der Waals surface area (Å²) in [5.41, 5.74) is 2.16. The quantitative estimate of drug-likeness (QED) is 0.380. The number of rotatable bonds is 4. The Morgan fingerprint density at radius 3 is 2.56 bits per heavy atom. The van der Waals surface area contributed by atoms with Crippen molar-refractivity contribution < 1.29 is 12.7 Å². The van der Waals surface area contributed by atoms with Gasteiger partial charge in [-0.25, -0.2) is 0 Å². The lowest BCUT2D eigenvalue weighted by Crippen LogP contribution is -2.17. The molecule has 0 radical (unpaired) electrons. The minimum Gasteiger partial charge on any atom is -0.183 e. The van der Waals surface area contributed by atoms with E-state index in [1.54, 1.807) is 0 Å². The molecule has 0 aliphatic carbocycles. The number of hydrogen-bond donors (Lipinski definition) is 1. The van der Waals surface area contributed by atoms with Crippen LogP contribution in [0.25, 0.3) is 0 Å². The third kappa shape index (κ3) is 8.16. The fraction of sp³-hybridized carbons (Fsp3) is 1.00. The van der Waals surface area contributed by atoms with Gasteiger partial charge >= 0.3 is 9.33 Å². The molecule has 0 heterocycles. The van der Waals surface area contributed by atoms with Gasteiger partial charge in [0, 0.05) is 6.54 Å². The maximum absolute atomic E-state index is 9.99. The van der Waals surface area contributed by atoms with Gasteiger partial charge in [-0.15, -0.1) is 0 Å². The van der Waals surface area contributed by atoms with Crippen molar-refractivity contribution in [1.82, 2.24) is 5.48 Å². The van der Waals surface area contributed by atoms with Gasteiger partial charge in [-0.1, -0.05) is 6.92 Å². The van der Waals surface area contributed by atoms with Crippen LogP contribution in [0.15, 0.2) is 0 Å². The highest BCUT2D eigenvalue weighted by Crippen LogP contribution is 1.93. The Bertz CT molecular complexity index is 154. The molecule has 0 spiro atoms. The monoisotopic (exact) mass is 173 g/mol. The van der Waals surface area contributed by atoms with E-state index in [0.29, 0.717) is 6.54 Å². The number of halogens is 1. The fourth-order valence-electron chi connectivity index (χ4n) is 0.214. The molecule has 0 fully saturated rings. The van der Waals surface area contributed by atoms with Crippen LogP contribution in [0.4, 0.5) is 0 Å². The summed E-state index contributed by atoms with van der Waals surface area (Å²) >= 11 is 0. The van der Waals surface area contributed by atoms with E-state index in [1.807, 2.05) is 6.92 Å². The van der Waals surface area contributed by atoms with Gasteiger partial charge in [0.05, 0.1) is 10.7 Å². The summed E-state index contributed by atoms with van der Waals surface area (Å²) in [5.74, 6) is 0. The molecular formula is C3H8ClNO3S. The predicted octanol–water partition coefficient (Wildman–Crippen LogP) is 0.401. The normalized spacial score (nSPS) is 11.8. The summed E-state index contributed by atoms with van der Waals surface area (Å²) in [7, 11) is 0.821. The van der Waals surface area contributed by atoms with Gasteiger partial charge in [-0.2, -0.15) is 18.2 Å². The van der Waals surface area contributed by atoms with Gasteiger partial charge in [-0.3, -0.25) is 0 Å². The molecule has 9 heavy (non-hydrogen) atoms. The van der Waals surface area contributed by atoms with Crippen molar-refractivity contribution in [2.75, 3.05) is 6.54 Å². The molecule has 0 saturated heterocycles. The van der Waals surface area contributed by atoms with Crippen LogP contribution in [-0.2, 0) is 13.6 Å². The van der Waals surface area contributed by atoms with E-state index in [-0.39, 0.29) is 0 Å². The van der Waals surface area contributed by atoms with Gasteiger partial charge in [0.2, 0.25) is 0 Å². The molecule has 0 unspecified atom stereocenters. The van der Waals surface area contributed by atoms with Gasteiger partial charge in [-0.05, 0) is 6.42 Å². The van der Waals surface area contributed by atoms with E-state index in [4.69, 9.17) is 0 Å². The average molecular weight is 174 g/mol. The number of nitrogens with one attached hydrogen (secondary N) is 1. The SMILES string of the molecule is CCCNOS(=O)(=O)Cl. The second-order valence-corrected chi connectivity index (χ2v) is 3.46. The molecule has 0 aromatic heterocycles. The van der Waals surface area contributed by atoms with E-state index in [0.717, 1.165) is 6.42 Å². The lowest BCUT2D eigenvalue weighted by Gasteiger charge is -1.96. The van der Waals surface area contributed by atoms with Crippen molar-refractivity contribution in [3.63, 3.8) is 0 Å². The van der Waals surface area contributed by atoms with Crippen LogP contribution in [0.3, 0.4) is 0 Å². The molecule has 56 valence electrons. The van der Waals surface area contributed by atoms with Crippen molar-refractivity contribution in [2.45, 2.75) is 13.3 Å². The molecule has 0 aromatic carbocycles. The first-order valence-corrected chi connectivity index (χ1v) is 4.65.